The Morgan fingerprint density at radius 1 is 1.35 bits per heavy atom. The molecule has 1 aliphatic heterocycles. The number of carboxylic acid groups (broad SMARTS) is 1. The second kappa shape index (κ2) is 5.10. The topological polar surface area (TPSA) is 40.5 Å². The maximum Gasteiger partial charge on any atom is 0.364 e. The van der Waals surface area contributed by atoms with Crippen LogP contribution in [0.15, 0.2) is 41.7 Å². The van der Waals surface area contributed by atoms with E-state index in [1.165, 1.54) is 0 Å². The molecule has 0 aliphatic carbocycles. The molecule has 0 amide bonds. The van der Waals surface area contributed by atoms with Crippen LogP contribution in [0.4, 0.5) is 4.39 Å². The molecule has 1 aromatic carbocycles. The number of carbonyl (C=O) groups is 1. The van der Waals surface area contributed by atoms with E-state index in [0.29, 0.717) is 25.1 Å². The van der Waals surface area contributed by atoms with Crippen LogP contribution >= 0.6 is 0 Å². The van der Waals surface area contributed by atoms with E-state index in [2.05, 4.69) is 0 Å². The van der Waals surface area contributed by atoms with Gasteiger partial charge in [-0.1, -0.05) is 30.3 Å². The quantitative estimate of drug-likeness (QED) is 0.816. The molecule has 2 rings (SSSR count). The highest BCUT2D eigenvalue weighted by atomic mass is 19.1. The van der Waals surface area contributed by atoms with E-state index in [4.69, 9.17) is 5.11 Å². The number of rotatable bonds is 3. The lowest BCUT2D eigenvalue weighted by molar-refractivity contribution is -0.134. The highest BCUT2D eigenvalue weighted by molar-refractivity contribution is 5.85. The Labute approximate surface area is 99.2 Å². The number of nitrogens with zero attached hydrogens (tertiary/aromatic N) is 1. The number of hydrogen-bond donors (Lipinski definition) is 1. The van der Waals surface area contributed by atoms with E-state index in [9.17, 15) is 9.18 Å². The van der Waals surface area contributed by atoms with Gasteiger partial charge in [-0.3, -0.25) is 4.90 Å². The zero-order chi connectivity index (χ0) is 12.3. The van der Waals surface area contributed by atoms with Crippen LogP contribution in [0.5, 0.6) is 0 Å². The van der Waals surface area contributed by atoms with Gasteiger partial charge in [0.2, 0.25) is 5.83 Å². The minimum atomic E-state index is -1.46. The predicted octanol–water partition coefficient (Wildman–Crippen LogP) is 2.20. The van der Waals surface area contributed by atoms with Crippen LogP contribution in [0.25, 0.3) is 0 Å². The SMILES string of the molecule is O=C(O)C(F)=C1CCN(Cc2ccccc2)C1. The zero-order valence-electron chi connectivity index (χ0n) is 9.40. The Bertz CT molecular complexity index is 442. The van der Waals surface area contributed by atoms with Gasteiger partial charge >= 0.3 is 5.97 Å². The molecule has 4 heteroatoms. The fourth-order valence-electron chi connectivity index (χ4n) is 2.03. The monoisotopic (exact) mass is 235 g/mol. The van der Waals surface area contributed by atoms with Crippen LogP contribution in [-0.2, 0) is 11.3 Å². The minimum Gasteiger partial charge on any atom is -0.476 e. The van der Waals surface area contributed by atoms with E-state index in [1.807, 2.05) is 35.2 Å². The van der Waals surface area contributed by atoms with Crippen molar-refractivity contribution in [2.75, 3.05) is 13.1 Å². The molecule has 0 atom stereocenters. The molecule has 17 heavy (non-hydrogen) atoms. The summed E-state index contributed by atoms with van der Waals surface area (Å²) >= 11 is 0. The van der Waals surface area contributed by atoms with Crippen molar-refractivity contribution in [2.45, 2.75) is 13.0 Å². The summed E-state index contributed by atoms with van der Waals surface area (Å²) in [6.45, 7) is 1.86. The molecule has 0 unspecified atom stereocenters. The average Bonchev–Trinajstić information content (AvgIpc) is 2.77. The second-order valence-electron chi connectivity index (χ2n) is 4.17. The number of hydrogen-bond acceptors (Lipinski definition) is 2. The molecule has 0 saturated carbocycles. The Kier molecular flexibility index (Phi) is 3.54. The van der Waals surface area contributed by atoms with Gasteiger partial charge in [-0.2, -0.15) is 4.39 Å². The number of carboxylic acids is 1. The average molecular weight is 235 g/mol. The first-order valence-electron chi connectivity index (χ1n) is 5.54. The van der Waals surface area contributed by atoms with E-state index in [-0.39, 0.29) is 0 Å². The fourth-order valence-corrected chi connectivity index (χ4v) is 2.03. The normalized spacial score (nSPS) is 19.4. The third kappa shape index (κ3) is 2.91. The van der Waals surface area contributed by atoms with Gasteiger partial charge in [-0.15, -0.1) is 0 Å². The third-order valence-corrected chi connectivity index (χ3v) is 2.89. The summed E-state index contributed by atoms with van der Waals surface area (Å²) in [5, 5.41) is 8.57. The van der Waals surface area contributed by atoms with Gasteiger partial charge < -0.3 is 5.11 Å². The molecule has 1 fully saturated rings. The maximum absolute atomic E-state index is 13.2. The lowest BCUT2D eigenvalue weighted by Gasteiger charge is -2.13. The van der Waals surface area contributed by atoms with Gasteiger partial charge in [0.15, 0.2) is 0 Å². The standard InChI is InChI=1S/C13H14FNO2/c14-12(13(16)17)11-6-7-15(9-11)8-10-4-2-1-3-5-10/h1-5H,6-9H2,(H,16,17). The number of aliphatic carboxylic acids is 1. The Balaban J connectivity index is 2.00. The van der Waals surface area contributed by atoms with E-state index in [0.717, 1.165) is 12.1 Å². The van der Waals surface area contributed by atoms with Gasteiger partial charge in [0.1, 0.15) is 0 Å². The van der Waals surface area contributed by atoms with Crippen molar-refractivity contribution >= 4 is 5.97 Å². The third-order valence-electron chi connectivity index (χ3n) is 2.89. The molecule has 3 nitrogen and oxygen atoms in total. The van der Waals surface area contributed by atoms with Crippen molar-refractivity contribution in [1.29, 1.82) is 0 Å². The summed E-state index contributed by atoms with van der Waals surface area (Å²) < 4.78 is 13.2. The van der Waals surface area contributed by atoms with Gasteiger partial charge in [0, 0.05) is 19.6 Å². The van der Waals surface area contributed by atoms with Crippen molar-refractivity contribution < 1.29 is 14.3 Å². The Morgan fingerprint density at radius 3 is 2.71 bits per heavy atom. The first-order valence-corrected chi connectivity index (χ1v) is 5.54. The number of halogens is 1. The van der Waals surface area contributed by atoms with Gasteiger partial charge in [-0.05, 0) is 17.6 Å². The largest absolute Gasteiger partial charge is 0.476 e. The molecular weight excluding hydrogens is 221 g/mol. The molecule has 1 saturated heterocycles. The van der Waals surface area contributed by atoms with Crippen molar-refractivity contribution in [1.82, 2.24) is 4.90 Å². The highest BCUT2D eigenvalue weighted by Gasteiger charge is 2.23. The van der Waals surface area contributed by atoms with Crippen LogP contribution < -0.4 is 0 Å². The first kappa shape index (κ1) is 11.8. The lowest BCUT2D eigenvalue weighted by atomic mass is 10.2. The fraction of sp³-hybridized carbons (Fsp3) is 0.308. The van der Waals surface area contributed by atoms with E-state index >= 15 is 0 Å². The summed E-state index contributed by atoms with van der Waals surface area (Å²) in [6, 6.07) is 9.88. The van der Waals surface area contributed by atoms with Crippen LogP contribution in [0, 0.1) is 0 Å². The van der Waals surface area contributed by atoms with Crippen molar-refractivity contribution in [2.24, 2.45) is 0 Å². The van der Waals surface area contributed by atoms with Crippen LogP contribution in [0.1, 0.15) is 12.0 Å². The van der Waals surface area contributed by atoms with Gasteiger partial charge in [0.05, 0.1) is 0 Å². The highest BCUT2D eigenvalue weighted by Crippen LogP contribution is 2.21. The van der Waals surface area contributed by atoms with Gasteiger partial charge in [-0.25, -0.2) is 4.79 Å². The molecular formula is C13H14FNO2. The summed E-state index contributed by atoms with van der Waals surface area (Å²) in [5.74, 6) is -2.44. The second-order valence-corrected chi connectivity index (χ2v) is 4.17. The molecule has 0 spiro atoms. The Hall–Kier alpha value is -1.68. The predicted molar refractivity (Wildman–Crippen MR) is 62.1 cm³/mol. The molecule has 90 valence electrons. The molecule has 0 aromatic heterocycles. The minimum absolute atomic E-state index is 0.397. The summed E-state index contributed by atoms with van der Waals surface area (Å²) in [5.41, 5.74) is 1.55. The van der Waals surface area contributed by atoms with Crippen molar-refractivity contribution in [3.63, 3.8) is 0 Å². The molecule has 1 aliphatic rings. The smallest absolute Gasteiger partial charge is 0.364 e. The van der Waals surface area contributed by atoms with Crippen molar-refractivity contribution in [3.8, 4) is 0 Å². The van der Waals surface area contributed by atoms with Crippen molar-refractivity contribution in [3.05, 3.63) is 47.3 Å². The summed E-state index contributed by atoms with van der Waals surface area (Å²) in [4.78, 5) is 12.5. The molecule has 1 heterocycles. The van der Waals surface area contributed by atoms with Crippen LogP contribution in [0.2, 0.25) is 0 Å². The maximum atomic E-state index is 13.2. The number of likely N-dealkylation sites (tertiary alicyclic amines) is 1. The zero-order valence-corrected chi connectivity index (χ0v) is 9.40. The molecule has 1 aromatic rings. The van der Waals surface area contributed by atoms with Crippen LogP contribution in [-0.4, -0.2) is 29.1 Å². The first-order chi connectivity index (χ1) is 8.16. The molecule has 0 bridgehead atoms. The number of benzene rings is 1. The van der Waals surface area contributed by atoms with E-state index < -0.39 is 11.8 Å². The van der Waals surface area contributed by atoms with Gasteiger partial charge in [0.25, 0.3) is 0 Å². The van der Waals surface area contributed by atoms with E-state index in [1.54, 1.807) is 0 Å². The molecule has 0 radical (unpaired) electrons. The summed E-state index contributed by atoms with van der Waals surface area (Å²) in [6.07, 6.45) is 0.505. The Morgan fingerprint density at radius 2 is 2.06 bits per heavy atom. The summed E-state index contributed by atoms with van der Waals surface area (Å²) in [7, 11) is 0. The van der Waals surface area contributed by atoms with Crippen LogP contribution in [0.3, 0.4) is 0 Å². The lowest BCUT2D eigenvalue weighted by Crippen LogP contribution is -2.18. The molecule has 1 N–H and O–H groups in total.